The molecule has 1 fully saturated rings. The van der Waals surface area contributed by atoms with Crippen LogP contribution in [0.25, 0.3) is 0 Å². The first-order chi connectivity index (χ1) is 13.3. The Morgan fingerprint density at radius 2 is 2.00 bits per heavy atom. The molecule has 0 atom stereocenters. The molecule has 1 saturated carbocycles. The van der Waals surface area contributed by atoms with E-state index in [2.05, 4.69) is 16.8 Å². The number of halogens is 1. The average molecular weight is 408 g/mol. The highest BCUT2D eigenvalue weighted by molar-refractivity contribution is 7.91. The smallest absolute Gasteiger partial charge is 0.228 e. The third kappa shape index (κ3) is 4.81. The van der Waals surface area contributed by atoms with Crippen molar-refractivity contribution in [3.05, 3.63) is 47.5 Å². The van der Waals surface area contributed by atoms with Crippen LogP contribution in [0, 0.1) is 11.7 Å². The maximum absolute atomic E-state index is 14.3. The molecule has 1 aliphatic carbocycles. The van der Waals surface area contributed by atoms with Crippen molar-refractivity contribution in [1.82, 2.24) is 14.5 Å². The molecule has 154 valence electrons. The van der Waals surface area contributed by atoms with E-state index in [1.807, 2.05) is 0 Å². The standard InChI is InChI=1S/C21H30FN3O2S/c1-4-11-24(13-17-9-10-17)15-19-12-23-21(28(26,27)16(2)3)25(19)14-18-7-5-6-8-20(18)22/h5-8,12,16-17H,4,9-11,13-15H2,1-3H3. The molecule has 0 spiro atoms. The minimum atomic E-state index is -3.57. The van der Waals surface area contributed by atoms with Gasteiger partial charge in [-0.1, -0.05) is 25.1 Å². The number of benzene rings is 1. The van der Waals surface area contributed by atoms with Crippen molar-refractivity contribution in [2.45, 2.75) is 63.5 Å². The number of hydrogen-bond donors (Lipinski definition) is 0. The zero-order valence-corrected chi connectivity index (χ0v) is 17.8. The van der Waals surface area contributed by atoms with Gasteiger partial charge in [0.1, 0.15) is 5.82 Å². The van der Waals surface area contributed by atoms with E-state index < -0.39 is 15.1 Å². The lowest BCUT2D eigenvalue weighted by Gasteiger charge is -2.23. The van der Waals surface area contributed by atoms with Gasteiger partial charge in [0.25, 0.3) is 0 Å². The fourth-order valence-electron chi connectivity index (χ4n) is 3.37. The monoisotopic (exact) mass is 407 g/mol. The number of aromatic nitrogens is 2. The first-order valence-electron chi connectivity index (χ1n) is 10.1. The van der Waals surface area contributed by atoms with Crippen LogP contribution in [-0.2, 0) is 22.9 Å². The lowest BCUT2D eigenvalue weighted by molar-refractivity contribution is 0.248. The van der Waals surface area contributed by atoms with Crippen molar-refractivity contribution in [1.29, 1.82) is 0 Å². The van der Waals surface area contributed by atoms with Gasteiger partial charge in [0.05, 0.1) is 23.7 Å². The summed E-state index contributed by atoms with van der Waals surface area (Å²) in [7, 11) is -3.57. The van der Waals surface area contributed by atoms with Gasteiger partial charge in [-0.15, -0.1) is 0 Å². The number of hydrogen-bond acceptors (Lipinski definition) is 4. The van der Waals surface area contributed by atoms with Crippen molar-refractivity contribution >= 4 is 9.84 Å². The Balaban J connectivity index is 1.97. The summed E-state index contributed by atoms with van der Waals surface area (Å²) >= 11 is 0. The van der Waals surface area contributed by atoms with Crippen molar-refractivity contribution in [2.24, 2.45) is 5.92 Å². The maximum Gasteiger partial charge on any atom is 0.228 e. The summed E-state index contributed by atoms with van der Waals surface area (Å²) in [6, 6.07) is 6.50. The predicted octanol–water partition coefficient (Wildman–Crippen LogP) is 3.87. The summed E-state index contributed by atoms with van der Waals surface area (Å²) in [6.45, 7) is 8.19. The molecule has 1 aromatic heterocycles. The molecule has 28 heavy (non-hydrogen) atoms. The van der Waals surface area contributed by atoms with Gasteiger partial charge in [-0.05, 0) is 51.6 Å². The Labute approximate surface area is 167 Å². The third-order valence-corrected chi connectivity index (χ3v) is 7.28. The highest BCUT2D eigenvalue weighted by atomic mass is 32.2. The van der Waals surface area contributed by atoms with E-state index >= 15 is 0 Å². The van der Waals surface area contributed by atoms with Gasteiger partial charge < -0.3 is 4.57 Å². The van der Waals surface area contributed by atoms with Crippen LogP contribution in [0.3, 0.4) is 0 Å². The van der Waals surface area contributed by atoms with E-state index in [0.29, 0.717) is 12.1 Å². The first-order valence-corrected chi connectivity index (χ1v) is 11.6. The Hall–Kier alpha value is -1.73. The molecule has 3 rings (SSSR count). The van der Waals surface area contributed by atoms with E-state index in [1.54, 1.807) is 42.8 Å². The molecule has 0 N–H and O–H groups in total. The van der Waals surface area contributed by atoms with Crippen molar-refractivity contribution in [3.63, 3.8) is 0 Å². The number of rotatable bonds is 10. The van der Waals surface area contributed by atoms with Crippen molar-refractivity contribution in [3.8, 4) is 0 Å². The molecule has 5 nitrogen and oxygen atoms in total. The molecule has 2 aromatic rings. The third-order valence-electron chi connectivity index (χ3n) is 5.20. The van der Waals surface area contributed by atoms with Gasteiger partial charge in [0.2, 0.25) is 15.0 Å². The Bertz CT molecular complexity index is 904. The molecular weight excluding hydrogens is 377 g/mol. The van der Waals surface area contributed by atoms with Crippen molar-refractivity contribution < 1.29 is 12.8 Å². The zero-order valence-electron chi connectivity index (χ0n) is 16.9. The quantitative estimate of drug-likeness (QED) is 0.600. The van der Waals surface area contributed by atoms with Crippen LogP contribution in [0.1, 0.15) is 51.3 Å². The van der Waals surface area contributed by atoms with Crippen LogP contribution in [0.5, 0.6) is 0 Å². The second kappa shape index (κ2) is 8.74. The van der Waals surface area contributed by atoms with Gasteiger partial charge in [0.15, 0.2) is 0 Å². The number of nitrogens with zero attached hydrogens (tertiary/aromatic N) is 3. The average Bonchev–Trinajstić information content (AvgIpc) is 3.37. The normalized spacial score (nSPS) is 14.9. The van der Waals surface area contributed by atoms with Crippen LogP contribution >= 0.6 is 0 Å². The van der Waals surface area contributed by atoms with E-state index in [9.17, 15) is 12.8 Å². The number of sulfone groups is 1. The highest BCUT2D eigenvalue weighted by Gasteiger charge is 2.29. The summed E-state index contributed by atoms with van der Waals surface area (Å²) in [6.07, 6.45) is 5.21. The Morgan fingerprint density at radius 3 is 2.61 bits per heavy atom. The molecule has 0 saturated heterocycles. The summed E-state index contributed by atoms with van der Waals surface area (Å²) in [5, 5.41) is -0.552. The summed E-state index contributed by atoms with van der Waals surface area (Å²) in [5.41, 5.74) is 1.28. The van der Waals surface area contributed by atoms with E-state index in [0.717, 1.165) is 31.1 Å². The molecule has 0 bridgehead atoms. The molecule has 1 aliphatic rings. The molecule has 0 aliphatic heterocycles. The van der Waals surface area contributed by atoms with Crippen LogP contribution in [0.2, 0.25) is 0 Å². The van der Waals surface area contributed by atoms with Gasteiger partial charge in [-0.2, -0.15) is 0 Å². The topological polar surface area (TPSA) is 55.2 Å². The molecular formula is C21H30FN3O2S. The van der Waals surface area contributed by atoms with E-state index in [1.165, 1.54) is 18.9 Å². The van der Waals surface area contributed by atoms with Crippen molar-refractivity contribution in [2.75, 3.05) is 13.1 Å². The van der Waals surface area contributed by atoms with Gasteiger partial charge >= 0.3 is 0 Å². The lowest BCUT2D eigenvalue weighted by Crippen LogP contribution is -2.28. The van der Waals surface area contributed by atoms with Gasteiger partial charge in [0, 0.05) is 18.7 Å². The van der Waals surface area contributed by atoms with E-state index in [-0.39, 0.29) is 17.5 Å². The van der Waals surface area contributed by atoms with Gasteiger partial charge in [-0.25, -0.2) is 17.8 Å². The largest absolute Gasteiger partial charge is 0.313 e. The minimum Gasteiger partial charge on any atom is -0.313 e. The molecule has 0 unspecified atom stereocenters. The first kappa shape index (κ1) is 21.0. The zero-order chi connectivity index (χ0) is 20.3. The lowest BCUT2D eigenvalue weighted by atomic mass is 10.2. The van der Waals surface area contributed by atoms with E-state index in [4.69, 9.17) is 0 Å². The van der Waals surface area contributed by atoms with Crippen LogP contribution in [-0.4, -0.2) is 41.2 Å². The molecule has 0 radical (unpaired) electrons. The second-order valence-electron chi connectivity index (χ2n) is 7.98. The van der Waals surface area contributed by atoms with Gasteiger partial charge in [-0.3, -0.25) is 4.90 Å². The summed E-state index contributed by atoms with van der Waals surface area (Å²) in [5.74, 6) is 0.409. The number of imidazole rings is 1. The Kier molecular flexibility index (Phi) is 6.55. The minimum absolute atomic E-state index is 0.0311. The Morgan fingerprint density at radius 1 is 1.29 bits per heavy atom. The summed E-state index contributed by atoms with van der Waals surface area (Å²) in [4.78, 5) is 6.63. The molecule has 0 amide bonds. The van der Waals surface area contributed by atoms with Crippen LogP contribution in [0.4, 0.5) is 4.39 Å². The molecule has 1 heterocycles. The molecule has 1 aromatic carbocycles. The summed E-state index contributed by atoms with van der Waals surface area (Å²) < 4.78 is 41.7. The SMILES string of the molecule is CCCN(Cc1cnc(S(=O)(=O)C(C)C)n1Cc1ccccc1F)CC1CC1. The van der Waals surface area contributed by atoms with Crippen LogP contribution < -0.4 is 0 Å². The fourth-order valence-corrected chi connectivity index (χ4v) is 4.48. The maximum atomic E-state index is 14.3. The fraction of sp³-hybridized carbons (Fsp3) is 0.571. The molecule has 7 heteroatoms. The highest BCUT2D eigenvalue weighted by Crippen LogP contribution is 2.30. The van der Waals surface area contributed by atoms with Crippen LogP contribution in [0.15, 0.2) is 35.6 Å². The predicted molar refractivity (Wildman–Crippen MR) is 108 cm³/mol. The second-order valence-corrected chi connectivity index (χ2v) is 10.4.